The molecule has 0 N–H and O–H groups in total. The smallest absolute Gasteiger partial charge is 0.497 e. The van der Waals surface area contributed by atoms with Crippen molar-refractivity contribution in [3.63, 3.8) is 0 Å². The highest BCUT2D eigenvalue weighted by Gasteiger charge is 2.36. The number of halogens is 3. The number of amides is 1. The molecule has 10 heteroatoms. The first-order valence-corrected chi connectivity index (χ1v) is 9.44. The van der Waals surface area contributed by atoms with Gasteiger partial charge in [-0.1, -0.05) is 17.3 Å². The maximum atomic E-state index is 12.4. The van der Waals surface area contributed by atoms with Crippen LogP contribution in [0.4, 0.5) is 13.2 Å². The van der Waals surface area contributed by atoms with Gasteiger partial charge in [-0.05, 0) is 48.4 Å². The van der Waals surface area contributed by atoms with Gasteiger partial charge in [0.25, 0.3) is 0 Å². The third-order valence-electron chi connectivity index (χ3n) is 4.91. The van der Waals surface area contributed by atoms with Crippen LogP contribution < -0.4 is 9.47 Å². The van der Waals surface area contributed by atoms with E-state index >= 15 is 0 Å². The Kier molecular flexibility index (Phi) is 5.53. The predicted molar refractivity (Wildman–Crippen MR) is 102 cm³/mol. The quantitative estimate of drug-likeness (QED) is 0.569. The topological polar surface area (TPSA) is 77.7 Å². The zero-order valence-electron chi connectivity index (χ0n) is 16.4. The van der Waals surface area contributed by atoms with Crippen molar-refractivity contribution in [2.45, 2.75) is 31.8 Å². The Hall–Kier alpha value is -3.56. The normalized spacial score (nSPS) is 16.6. The molecule has 1 fully saturated rings. The average Bonchev–Trinajstić information content (AvgIpc) is 3.35. The van der Waals surface area contributed by atoms with Gasteiger partial charge >= 0.3 is 6.36 Å². The third kappa shape index (κ3) is 4.79. The van der Waals surface area contributed by atoms with Gasteiger partial charge in [-0.15, -0.1) is 13.2 Å². The van der Waals surface area contributed by atoms with Gasteiger partial charge in [0, 0.05) is 18.5 Å². The highest BCUT2D eigenvalue weighted by atomic mass is 19.4. The minimum absolute atomic E-state index is 0.0192. The van der Waals surface area contributed by atoms with Gasteiger partial charge in [0.05, 0.1) is 7.11 Å². The summed E-state index contributed by atoms with van der Waals surface area (Å²) in [5.41, 5.74) is 1.40. The van der Waals surface area contributed by atoms with Crippen LogP contribution in [0.5, 0.6) is 11.5 Å². The van der Waals surface area contributed by atoms with Crippen molar-refractivity contribution in [1.82, 2.24) is 15.0 Å². The second kappa shape index (κ2) is 8.29. The summed E-state index contributed by atoms with van der Waals surface area (Å²) >= 11 is 0. The molecule has 3 aromatic rings. The lowest BCUT2D eigenvalue weighted by Gasteiger charge is -2.22. The molecule has 1 aliphatic rings. The van der Waals surface area contributed by atoms with E-state index in [-0.39, 0.29) is 29.4 Å². The van der Waals surface area contributed by atoms with Crippen LogP contribution in [0.3, 0.4) is 0 Å². The van der Waals surface area contributed by atoms with E-state index in [2.05, 4.69) is 14.9 Å². The Morgan fingerprint density at radius 2 is 1.77 bits per heavy atom. The molecule has 1 saturated heterocycles. The van der Waals surface area contributed by atoms with Gasteiger partial charge in [0.15, 0.2) is 0 Å². The Labute approximate surface area is 175 Å². The first-order chi connectivity index (χ1) is 14.8. The lowest BCUT2D eigenvalue weighted by molar-refractivity contribution is -0.274. The number of benzene rings is 2. The van der Waals surface area contributed by atoms with E-state index in [9.17, 15) is 18.0 Å². The van der Waals surface area contributed by atoms with Gasteiger partial charge < -0.3 is 18.9 Å². The SMILES string of the molecule is COc1ccc(CN2C(=O)CCC2c2nc(-c3ccc(OC(F)(F)F)cc3)no2)cc1. The van der Waals surface area contributed by atoms with Crippen LogP contribution in [0, 0.1) is 0 Å². The molecule has 1 aliphatic heterocycles. The molecule has 2 aromatic carbocycles. The molecule has 1 aromatic heterocycles. The number of carbonyl (C=O) groups is 1. The molecule has 0 spiro atoms. The van der Waals surface area contributed by atoms with E-state index < -0.39 is 6.36 Å². The van der Waals surface area contributed by atoms with Crippen LogP contribution in [0.2, 0.25) is 0 Å². The molecule has 0 aliphatic carbocycles. The van der Waals surface area contributed by atoms with Crippen molar-refractivity contribution in [3.05, 3.63) is 60.0 Å². The molecule has 7 nitrogen and oxygen atoms in total. The number of hydrogen-bond acceptors (Lipinski definition) is 6. The summed E-state index contributed by atoms with van der Waals surface area (Å²) in [5, 5.41) is 3.92. The molecule has 31 heavy (non-hydrogen) atoms. The van der Waals surface area contributed by atoms with Gasteiger partial charge in [-0.25, -0.2) is 0 Å². The summed E-state index contributed by atoms with van der Waals surface area (Å²) in [6.45, 7) is 0.384. The Balaban J connectivity index is 1.49. The number of ether oxygens (including phenoxy) is 2. The van der Waals surface area contributed by atoms with Crippen molar-refractivity contribution in [1.29, 1.82) is 0 Å². The van der Waals surface area contributed by atoms with Crippen molar-refractivity contribution < 1.29 is 32.0 Å². The number of alkyl halides is 3. The van der Waals surface area contributed by atoms with E-state index in [0.717, 1.165) is 11.3 Å². The highest BCUT2D eigenvalue weighted by Crippen LogP contribution is 2.34. The maximum Gasteiger partial charge on any atom is 0.573 e. The Bertz CT molecular complexity index is 1050. The summed E-state index contributed by atoms with van der Waals surface area (Å²) in [6, 6.07) is 12.2. The number of aromatic nitrogens is 2. The molecule has 162 valence electrons. The van der Waals surface area contributed by atoms with Crippen LogP contribution in [0.1, 0.15) is 30.3 Å². The first kappa shape index (κ1) is 20.7. The Morgan fingerprint density at radius 3 is 2.42 bits per heavy atom. The Morgan fingerprint density at radius 1 is 1.10 bits per heavy atom. The van der Waals surface area contributed by atoms with Crippen LogP contribution in [0.25, 0.3) is 11.4 Å². The first-order valence-electron chi connectivity index (χ1n) is 9.44. The van der Waals surface area contributed by atoms with Gasteiger partial charge in [0.1, 0.15) is 17.5 Å². The van der Waals surface area contributed by atoms with Crippen molar-refractivity contribution in [3.8, 4) is 22.9 Å². The molecule has 1 unspecified atom stereocenters. The molecule has 4 rings (SSSR count). The van der Waals surface area contributed by atoms with Crippen LogP contribution in [-0.4, -0.2) is 34.4 Å². The maximum absolute atomic E-state index is 12.4. The number of nitrogens with zero attached hydrogens (tertiary/aromatic N) is 3. The van der Waals surface area contributed by atoms with Gasteiger partial charge in [-0.2, -0.15) is 4.98 Å². The molecule has 0 bridgehead atoms. The van der Waals surface area contributed by atoms with Crippen LogP contribution in [0.15, 0.2) is 53.1 Å². The minimum Gasteiger partial charge on any atom is -0.497 e. The summed E-state index contributed by atoms with van der Waals surface area (Å²) < 4.78 is 51.3. The van der Waals surface area contributed by atoms with E-state index in [1.807, 2.05) is 24.3 Å². The second-order valence-corrected chi connectivity index (χ2v) is 6.95. The lowest BCUT2D eigenvalue weighted by atomic mass is 10.1. The van der Waals surface area contributed by atoms with E-state index in [1.54, 1.807) is 12.0 Å². The summed E-state index contributed by atoms with van der Waals surface area (Å²) in [7, 11) is 1.58. The zero-order chi connectivity index (χ0) is 22.0. The van der Waals surface area contributed by atoms with Crippen molar-refractivity contribution in [2.24, 2.45) is 0 Å². The number of rotatable bonds is 6. The fourth-order valence-corrected chi connectivity index (χ4v) is 3.41. The van der Waals surface area contributed by atoms with E-state index in [4.69, 9.17) is 9.26 Å². The summed E-state index contributed by atoms with van der Waals surface area (Å²) in [4.78, 5) is 18.5. The molecular weight excluding hydrogens is 415 g/mol. The van der Waals surface area contributed by atoms with Crippen molar-refractivity contribution in [2.75, 3.05) is 7.11 Å². The largest absolute Gasteiger partial charge is 0.573 e. The van der Waals surface area contributed by atoms with Crippen LogP contribution >= 0.6 is 0 Å². The number of methoxy groups -OCH3 is 1. The molecule has 2 heterocycles. The van der Waals surface area contributed by atoms with Gasteiger partial charge in [-0.3, -0.25) is 4.79 Å². The number of likely N-dealkylation sites (tertiary alicyclic amines) is 1. The molecule has 0 radical (unpaired) electrons. The van der Waals surface area contributed by atoms with Gasteiger partial charge in [0.2, 0.25) is 17.6 Å². The predicted octanol–water partition coefficient (Wildman–Crippen LogP) is 4.51. The zero-order valence-corrected chi connectivity index (χ0v) is 16.4. The molecule has 1 atom stereocenters. The fraction of sp³-hybridized carbons (Fsp3) is 0.286. The van der Waals surface area contributed by atoms with E-state index in [0.29, 0.717) is 24.9 Å². The average molecular weight is 433 g/mol. The van der Waals surface area contributed by atoms with E-state index in [1.165, 1.54) is 24.3 Å². The molecule has 0 saturated carbocycles. The molecule has 1 amide bonds. The molecular formula is C21H18F3N3O4. The fourth-order valence-electron chi connectivity index (χ4n) is 3.41. The number of hydrogen-bond donors (Lipinski definition) is 0. The summed E-state index contributed by atoms with van der Waals surface area (Å²) in [5.74, 6) is 0.866. The third-order valence-corrected chi connectivity index (χ3v) is 4.91. The second-order valence-electron chi connectivity index (χ2n) is 6.95. The number of carbonyl (C=O) groups excluding carboxylic acids is 1. The summed E-state index contributed by atoms with van der Waals surface area (Å²) in [6.07, 6.45) is -3.86. The highest BCUT2D eigenvalue weighted by molar-refractivity contribution is 5.78. The minimum atomic E-state index is -4.76. The monoisotopic (exact) mass is 433 g/mol. The van der Waals surface area contributed by atoms with Crippen LogP contribution in [-0.2, 0) is 11.3 Å². The lowest BCUT2D eigenvalue weighted by Crippen LogP contribution is -2.27. The van der Waals surface area contributed by atoms with Crippen molar-refractivity contribution >= 4 is 5.91 Å². The standard InChI is InChI=1S/C21H18F3N3O4/c1-29-15-6-2-13(3-7-15)12-27-17(10-11-18(27)28)20-25-19(26-31-20)14-4-8-16(9-5-14)30-21(22,23)24/h2-9,17H,10-12H2,1H3.